The Labute approximate surface area is 177 Å². The third kappa shape index (κ3) is 1.88. The van der Waals surface area contributed by atoms with Crippen molar-refractivity contribution in [2.24, 2.45) is 0 Å². The number of halogens is 4. The minimum Gasteiger partial charge on any atom is -0.343 e. The van der Waals surface area contributed by atoms with E-state index in [1.165, 1.54) is 0 Å². The van der Waals surface area contributed by atoms with Crippen LogP contribution < -0.4 is 0 Å². The molecule has 2 aliphatic rings. The van der Waals surface area contributed by atoms with Gasteiger partial charge in [-0.1, -0.05) is 131 Å². The van der Waals surface area contributed by atoms with E-state index in [0.717, 1.165) is 22.3 Å². The molecule has 136 valence electrons. The number of hydrogen-bond donors (Lipinski definition) is 0. The summed E-state index contributed by atoms with van der Waals surface area (Å²) in [6, 6.07) is 27.1. The van der Waals surface area contributed by atoms with Crippen molar-refractivity contribution in [2.45, 2.75) is 19.9 Å². The summed E-state index contributed by atoms with van der Waals surface area (Å²) in [6.45, 7) is 0. The molecule has 1 fully saturated rings. The summed E-state index contributed by atoms with van der Waals surface area (Å²) in [7, 11) is 0. The monoisotopic (exact) mass is 434 g/mol. The van der Waals surface area contributed by atoms with Crippen LogP contribution in [0.1, 0.15) is 22.3 Å². The second-order valence-electron chi connectivity index (χ2n) is 6.89. The van der Waals surface area contributed by atoms with Crippen molar-refractivity contribution < 1.29 is 4.74 Å². The first-order valence-corrected chi connectivity index (χ1v) is 10.1. The van der Waals surface area contributed by atoms with Crippen molar-refractivity contribution in [1.82, 2.24) is 0 Å². The van der Waals surface area contributed by atoms with Gasteiger partial charge < -0.3 is 4.74 Å². The molecule has 3 aromatic carbocycles. The summed E-state index contributed by atoms with van der Waals surface area (Å²) in [4.78, 5) is 0. The third-order valence-corrected chi connectivity index (χ3v) is 8.22. The average molecular weight is 436 g/mol. The molecule has 2 heterocycles. The summed E-state index contributed by atoms with van der Waals surface area (Å²) < 4.78 is 3.53. The molecule has 2 aliphatic heterocycles. The Balaban J connectivity index is 1.94. The summed E-state index contributed by atoms with van der Waals surface area (Å²) in [5, 5.41) is 0. The predicted octanol–water partition coefficient (Wildman–Crippen LogP) is 6.57. The molecule has 1 nitrogen and oxygen atoms in total. The second kappa shape index (κ2) is 5.65. The molecule has 0 amide bonds. The zero-order chi connectivity index (χ0) is 18.9. The Hall–Kier alpha value is -1.22. The number of rotatable bonds is 2. The largest absolute Gasteiger partial charge is 0.343 e. The maximum atomic E-state index is 6.99. The van der Waals surface area contributed by atoms with Gasteiger partial charge in [-0.3, -0.25) is 0 Å². The molecule has 27 heavy (non-hydrogen) atoms. The summed E-state index contributed by atoms with van der Waals surface area (Å²) >= 11 is 28.0. The molecule has 0 aliphatic carbocycles. The Morgan fingerprint density at radius 1 is 0.481 bits per heavy atom. The lowest BCUT2D eigenvalue weighted by atomic mass is 9.70. The first kappa shape index (κ1) is 17.8. The van der Waals surface area contributed by atoms with Gasteiger partial charge in [0, 0.05) is 0 Å². The normalized spacial score (nSPS) is 29.5. The molecule has 3 aromatic rings. The van der Waals surface area contributed by atoms with Gasteiger partial charge >= 0.3 is 0 Å². The van der Waals surface area contributed by atoms with Crippen LogP contribution in [0.5, 0.6) is 0 Å². The van der Waals surface area contributed by atoms with E-state index in [-0.39, 0.29) is 0 Å². The van der Waals surface area contributed by atoms with E-state index < -0.39 is 19.9 Å². The Bertz CT molecular complexity index is 936. The van der Waals surface area contributed by atoms with Crippen molar-refractivity contribution in [3.05, 3.63) is 107 Å². The standard InChI is InChI=1S/C22H14Cl4O/c23-21(24)19(15-9-3-1-4-10-15)17-13-7-8-14-18(17)20(27-19,22(21,25)26)16-11-5-2-6-12-16/h1-14H. The summed E-state index contributed by atoms with van der Waals surface area (Å²) in [6.07, 6.45) is 0. The molecular weight excluding hydrogens is 422 g/mol. The van der Waals surface area contributed by atoms with Crippen LogP contribution in [-0.4, -0.2) is 8.67 Å². The van der Waals surface area contributed by atoms with Crippen LogP contribution >= 0.6 is 46.4 Å². The lowest BCUT2D eigenvalue weighted by molar-refractivity contribution is -0.0437. The zero-order valence-electron chi connectivity index (χ0n) is 14.0. The van der Waals surface area contributed by atoms with E-state index in [1.54, 1.807) is 0 Å². The lowest BCUT2D eigenvalue weighted by Crippen LogP contribution is -2.55. The van der Waals surface area contributed by atoms with Crippen molar-refractivity contribution >= 4 is 46.4 Å². The first-order chi connectivity index (χ1) is 12.9. The van der Waals surface area contributed by atoms with E-state index in [0.29, 0.717) is 0 Å². The fourth-order valence-electron chi connectivity index (χ4n) is 4.48. The second-order valence-corrected chi connectivity index (χ2v) is 9.55. The van der Waals surface area contributed by atoms with E-state index in [2.05, 4.69) is 0 Å². The van der Waals surface area contributed by atoms with E-state index in [9.17, 15) is 0 Å². The minimum atomic E-state index is -1.63. The Kier molecular flexibility index (Phi) is 3.74. The number of ether oxygens (including phenoxy) is 1. The number of benzene rings is 3. The topological polar surface area (TPSA) is 9.23 Å². The van der Waals surface area contributed by atoms with Gasteiger partial charge in [0.15, 0.2) is 19.9 Å². The quantitative estimate of drug-likeness (QED) is 0.414. The fourth-order valence-corrected chi connectivity index (χ4v) is 6.01. The van der Waals surface area contributed by atoms with Gasteiger partial charge in [0.1, 0.15) is 0 Å². The van der Waals surface area contributed by atoms with Gasteiger partial charge in [-0.15, -0.1) is 0 Å². The molecule has 0 radical (unpaired) electrons. The Morgan fingerprint density at radius 2 is 0.815 bits per heavy atom. The van der Waals surface area contributed by atoms with E-state index in [4.69, 9.17) is 51.1 Å². The predicted molar refractivity (Wildman–Crippen MR) is 111 cm³/mol. The van der Waals surface area contributed by atoms with Gasteiger partial charge in [-0.05, 0) is 22.3 Å². The van der Waals surface area contributed by atoms with Crippen LogP contribution in [0.15, 0.2) is 84.9 Å². The molecule has 0 saturated carbocycles. The molecule has 0 aromatic heterocycles. The lowest BCUT2D eigenvalue weighted by Gasteiger charge is -2.45. The van der Waals surface area contributed by atoms with Crippen LogP contribution in [0, 0.1) is 0 Å². The highest BCUT2D eigenvalue weighted by Crippen LogP contribution is 2.77. The van der Waals surface area contributed by atoms with Crippen molar-refractivity contribution in [2.75, 3.05) is 0 Å². The highest BCUT2D eigenvalue weighted by Gasteiger charge is 2.84. The van der Waals surface area contributed by atoms with Crippen molar-refractivity contribution in [3.8, 4) is 0 Å². The highest BCUT2D eigenvalue weighted by atomic mass is 35.5. The third-order valence-electron chi connectivity index (χ3n) is 5.63. The van der Waals surface area contributed by atoms with Gasteiger partial charge in [-0.25, -0.2) is 0 Å². The minimum absolute atomic E-state index is 0.809. The van der Waals surface area contributed by atoms with Gasteiger partial charge in [0.25, 0.3) is 0 Å². The molecular formula is C22H14Cl4O. The first-order valence-electron chi connectivity index (χ1n) is 8.56. The number of alkyl halides is 4. The molecule has 2 bridgehead atoms. The SMILES string of the molecule is ClC1(Cl)C2(c3ccccc3)OC(c3ccccc3)(c3ccccc32)C1(Cl)Cl. The van der Waals surface area contributed by atoms with E-state index in [1.807, 2.05) is 84.9 Å². The average Bonchev–Trinajstić information content (AvgIpc) is 3.10. The smallest absolute Gasteiger partial charge is 0.191 e. The molecule has 5 rings (SSSR count). The summed E-state index contributed by atoms with van der Waals surface area (Å²) in [5.74, 6) is 0. The van der Waals surface area contributed by atoms with Crippen molar-refractivity contribution in [1.29, 1.82) is 0 Å². The zero-order valence-corrected chi connectivity index (χ0v) is 17.0. The van der Waals surface area contributed by atoms with Crippen molar-refractivity contribution in [3.63, 3.8) is 0 Å². The Morgan fingerprint density at radius 3 is 1.19 bits per heavy atom. The van der Waals surface area contributed by atoms with Crippen LogP contribution in [0.4, 0.5) is 0 Å². The molecule has 0 N–H and O–H groups in total. The molecule has 2 atom stereocenters. The van der Waals surface area contributed by atoms with Crippen LogP contribution in [-0.2, 0) is 15.9 Å². The van der Waals surface area contributed by atoms with Gasteiger partial charge in [-0.2, -0.15) is 0 Å². The molecule has 0 spiro atoms. The molecule has 5 heteroatoms. The number of hydrogen-bond acceptors (Lipinski definition) is 1. The van der Waals surface area contributed by atoms with E-state index >= 15 is 0 Å². The van der Waals surface area contributed by atoms with Gasteiger partial charge in [0.2, 0.25) is 0 Å². The maximum absolute atomic E-state index is 6.99. The maximum Gasteiger partial charge on any atom is 0.191 e. The highest BCUT2D eigenvalue weighted by molar-refractivity contribution is 6.64. The number of fused-ring (bicyclic) bond motifs is 5. The van der Waals surface area contributed by atoms with Crippen LogP contribution in [0.25, 0.3) is 0 Å². The van der Waals surface area contributed by atoms with Gasteiger partial charge in [0.05, 0.1) is 0 Å². The van der Waals surface area contributed by atoms with Crippen LogP contribution in [0.3, 0.4) is 0 Å². The summed E-state index contributed by atoms with van der Waals surface area (Å²) in [5.41, 5.74) is 0.969. The molecule has 1 saturated heterocycles. The van der Waals surface area contributed by atoms with Crippen LogP contribution in [0.2, 0.25) is 0 Å². The fraction of sp³-hybridized carbons (Fsp3) is 0.182. The molecule has 2 unspecified atom stereocenters.